The Bertz CT molecular complexity index is 1330. The second-order valence-electron chi connectivity index (χ2n) is 7.10. The van der Waals surface area contributed by atoms with Gasteiger partial charge in [0.05, 0.1) is 16.7 Å². The highest BCUT2D eigenvalue weighted by Crippen LogP contribution is 2.34. The van der Waals surface area contributed by atoms with E-state index in [2.05, 4.69) is 48.3 Å². The third kappa shape index (κ3) is 2.67. The maximum atomic E-state index is 6.42. The maximum absolute atomic E-state index is 6.42. The lowest BCUT2D eigenvalue weighted by Crippen LogP contribution is -1.98. The summed E-state index contributed by atoms with van der Waals surface area (Å²) < 4.78 is 1.99. The third-order valence-electron chi connectivity index (χ3n) is 5.14. The summed E-state index contributed by atoms with van der Waals surface area (Å²) in [6, 6.07) is 22.7. The van der Waals surface area contributed by atoms with Crippen molar-refractivity contribution in [2.45, 2.75) is 13.8 Å². The van der Waals surface area contributed by atoms with E-state index >= 15 is 0 Å². The smallest absolute Gasteiger partial charge is 0.102 e. The molecule has 4 heteroatoms. The molecule has 3 aromatic carbocycles. The Hall–Kier alpha value is -3.17. The average Bonchev–Trinajstić information content (AvgIpc) is 3.11. The molecule has 0 spiro atoms. The topological polar surface area (TPSA) is 30.7 Å². The van der Waals surface area contributed by atoms with Crippen molar-refractivity contribution in [3.8, 4) is 16.9 Å². The maximum Gasteiger partial charge on any atom is 0.102 e. The summed E-state index contributed by atoms with van der Waals surface area (Å²) in [5.41, 5.74) is 7.20. The second kappa shape index (κ2) is 6.47. The van der Waals surface area contributed by atoms with E-state index < -0.39 is 0 Å². The molecule has 5 rings (SSSR count). The quantitative estimate of drug-likeness (QED) is 0.348. The van der Waals surface area contributed by atoms with E-state index in [4.69, 9.17) is 16.7 Å². The molecular weight excluding hydrogens is 366 g/mol. The van der Waals surface area contributed by atoms with E-state index in [1.807, 2.05) is 48.1 Å². The summed E-state index contributed by atoms with van der Waals surface area (Å²) >= 11 is 6.42. The van der Waals surface area contributed by atoms with Crippen LogP contribution in [-0.2, 0) is 0 Å². The molecule has 0 amide bonds. The summed E-state index contributed by atoms with van der Waals surface area (Å²) in [4.78, 5) is 4.67. The lowest BCUT2D eigenvalue weighted by atomic mass is 10.1. The number of fused-ring (bicyclic) bond motifs is 3. The minimum atomic E-state index is 0.733. The Morgan fingerprint density at radius 1 is 0.857 bits per heavy atom. The largest absolute Gasteiger partial charge is 0.255 e. The molecule has 0 aliphatic heterocycles. The van der Waals surface area contributed by atoms with E-state index in [1.54, 1.807) is 0 Å². The Labute approximate surface area is 168 Å². The van der Waals surface area contributed by atoms with E-state index in [-0.39, 0.29) is 0 Å². The van der Waals surface area contributed by atoms with Crippen LogP contribution in [0.15, 0.2) is 72.9 Å². The normalized spacial score (nSPS) is 11.4. The van der Waals surface area contributed by atoms with Gasteiger partial charge >= 0.3 is 0 Å². The van der Waals surface area contributed by atoms with Crippen molar-refractivity contribution in [1.29, 1.82) is 0 Å². The number of halogens is 1. The van der Waals surface area contributed by atoms with Gasteiger partial charge in [0.15, 0.2) is 0 Å². The van der Waals surface area contributed by atoms with Gasteiger partial charge in [-0.3, -0.25) is 4.98 Å². The number of pyridine rings is 1. The Balaban J connectivity index is 1.89. The molecule has 0 atom stereocenters. The number of nitrogens with zero attached hydrogens (tertiary/aromatic N) is 3. The minimum absolute atomic E-state index is 0.733. The minimum Gasteiger partial charge on any atom is -0.255 e. The van der Waals surface area contributed by atoms with Gasteiger partial charge in [0.25, 0.3) is 0 Å². The van der Waals surface area contributed by atoms with Gasteiger partial charge in [-0.15, -0.1) is 0 Å². The zero-order valence-electron chi connectivity index (χ0n) is 15.6. The second-order valence-corrected chi connectivity index (χ2v) is 7.50. The number of hydrogen-bond donors (Lipinski definition) is 0. The highest BCUT2D eigenvalue weighted by Gasteiger charge is 2.17. The van der Waals surface area contributed by atoms with Gasteiger partial charge < -0.3 is 0 Å². The van der Waals surface area contributed by atoms with Crippen LogP contribution in [-0.4, -0.2) is 14.8 Å². The molecule has 0 saturated heterocycles. The molecule has 5 aromatic rings. The Kier molecular flexibility index (Phi) is 3.92. The SMILES string of the molecule is Cc1ccc(-c2nn(-c3ccc(C)c(Cl)c3)c3c2cnc2ccccc23)cc1. The first kappa shape index (κ1) is 17.0. The summed E-state index contributed by atoms with van der Waals surface area (Å²) in [7, 11) is 0. The van der Waals surface area contributed by atoms with Gasteiger partial charge in [0, 0.05) is 27.6 Å². The standard InChI is InChI=1S/C24H18ClN3/c1-15-7-10-17(11-8-15)23-20-14-26-22-6-4-3-5-19(22)24(20)28(27-23)18-12-9-16(2)21(25)13-18/h3-14H,1-2H3. The molecule has 0 bridgehead atoms. The highest BCUT2D eigenvalue weighted by atomic mass is 35.5. The van der Waals surface area contributed by atoms with E-state index in [0.717, 1.165) is 49.3 Å². The third-order valence-corrected chi connectivity index (χ3v) is 5.55. The number of para-hydroxylation sites is 1. The molecular formula is C24H18ClN3. The first-order valence-corrected chi connectivity index (χ1v) is 9.59. The zero-order chi connectivity index (χ0) is 19.3. The van der Waals surface area contributed by atoms with Gasteiger partial charge in [-0.25, -0.2) is 4.68 Å². The molecule has 0 unspecified atom stereocenters. The summed E-state index contributed by atoms with van der Waals surface area (Å²) in [5, 5.41) is 7.83. The van der Waals surface area contributed by atoms with Gasteiger partial charge in [-0.2, -0.15) is 5.10 Å². The monoisotopic (exact) mass is 383 g/mol. The molecule has 0 fully saturated rings. The van der Waals surface area contributed by atoms with Crippen molar-refractivity contribution in [3.63, 3.8) is 0 Å². The van der Waals surface area contributed by atoms with E-state index in [9.17, 15) is 0 Å². The van der Waals surface area contributed by atoms with Crippen LogP contribution < -0.4 is 0 Å². The Morgan fingerprint density at radius 3 is 2.43 bits per heavy atom. The van der Waals surface area contributed by atoms with E-state index in [1.165, 1.54) is 5.56 Å². The van der Waals surface area contributed by atoms with Crippen molar-refractivity contribution >= 4 is 33.4 Å². The molecule has 136 valence electrons. The van der Waals surface area contributed by atoms with Gasteiger partial charge in [0.1, 0.15) is 5.69 Å². The van der Waals surface area contributed by atoms with Crippen LogP contribution in [0.5, 0.6) is 0 Å². The van der Waals surface area contributed by atoms with Crippen LogP contribution in [0, 0.1) is 13.8 Å². The molecule has 0 aliphatic rings. The fourth-order valence-corrected chi connectivity index (χ4v) is 3.73. The van der Waals surface area contributed by atoms with Crippen molar-refractivity contribution in [3.05, 3.63) is 89.1 Å². The fraction of sp³-hybridized carbons (Fsp3) is 0.0833. The predicted molar refractivity (Wildman–Crippen MR) is 116 cm³/mol. The molecule has 0 saturated carbocycles. The summed E-state index contributed by atoms with van der Waals surface area (Å²) in [6.45, 7) is 4.09. The molecule has 28 heavy (non-hydrogen) atoms. The lowest BCUT2D eigenvalue weighted by molar-refractivity contribution is 0.917. The van der Waals surface area contributed by atoms with Crippen LogP contribution in [0.2, 0.25) is 5.02 Å². The van der Waals surface area contributed by atoms with Gasteiger partial charge in [0.2, 0.25) is 0 Å². The molecule has 0 N–H and O–H groups in total. The molecule has 0 aliphatic carbocycles. The van der Waals surface area contributed by atoms with Crippen LogP contribution in [0.25, 0.3) is 38.8 Å². The molecule has 0 radical (unpaired) electrons. The van der Waals surface area contributed by atoms with Gasteiger partial charge in [-0.1, -0.05) is 65.7 Å². The summed E-state index contributed by atoms with van der Waals surface area (Å²) in [5.74, 6) is 0. The number of hydrogen-bond acceptors (Lipinski definition) is 2. The first-order chi connectivity index (χ1) is 13.6. The van der Waals surface area contributed by atoms with Crippen LogP contribution in [0.3, 0.4) is 0 Å². The number of rotatable bonds is 2. The van der Waals surface area contributed by atoms with E-state index in [0.29, 0.717) is 0 Å². The van der Waals surface area contributed by atoms with Crippen molar-refractivity contribution < 1.29 is 0 Å². The highest BCUT2D eigenvalue weighted by molar-refractivity contribution is 6.31. The number of aryl methyl sites for hydroxylation is 2. The molecule has 2 aromatic heterocycles. The average molecular weight is 384 g/mol. The van der Waals surface area contributed by atoms with Crippen molar-refractivity contribution in [1.82, 2.24) is 14.8 Å². The zero-order valence-corrected chi connectivity index (χ0v) is 16.4. The molecule has 3 nitrogen and oxygen atoms in total. The first-order valence-electron chi connectivity index (χ1n) is 9.22. The number of benzene rings is 3. The van der Waals surface area contributed by atoms with Crippen molar-refractivity contribution in [2.75, 3.05) is 0 Å². The lowest BCUT2D eigenvalue weighted by Gasteiger charge is -2.07. The van der Waals surface area contributed by atoms with Crippen LogP contribution in [0.4, 0.5) is 0 Å². The Morgan fingerprint density at radius 2 is 1.64 bits per heavy atom. The predicted octanol–water partition coefficient (Wildman–Crippen LogP) is 6.51. The summed E-state index contributed by atoms with van der Waals surface area (Å²) in [6.07, 6.45) is 1.92. The van der Waals surface area contributed by atoms with Crippen LogP contribution >= 0.6 is 11.6 Å². The van der Waals surface area contributed by atoms with Gasteiger partial charge in [-0.05, 0) is 37.6 Å². The van der Waals surface area contributed by atoms with Crippen LogP contribution in [0.1, 0.15) is 11.1 Å². The van der Waals surface area contributed by atoms with Crippen molar-refractivity contribution in [2.24, 2.45) is 0 Å². The molecule has 2 heterocycles. The fourth-order valence-electron chi connectivity index (χ4n) is 3.56. The number of aromatic nitrogens is 3.